The fourth-order valence-corrected chi connectivity index (χ4v) is 1.24. The number of rotatable bonds is 5. The maximum absolute atomic E-state index is 11.0. The Morgan fingerprint density at radius 2 is 2.00 bits per heavy atom. The van der Waals surface area contributed by atoms with Crippen LogP contribution in [0.2, 0.25) is 0 Å². The minimum atomic E-state index is -1.17. The van der Waals surface area contributed by atoms with E-state index in [9.17, 15) is 9.59 Å². The maximum atomic E-state index is 11.0. The molecule has 15 heavy (non-hydrogen) atoms. The SMILES string of the molecule is N=CN(C=O)C(C(=O)O)c1ccccc1. The first-order valence-electron chi connectivity index (χ1n) is 4.21. The largest absolute Gasteiger partial charge is 0.479 e. The summed E-state index contributed by atoms with van der Waals surface area (Å²) in [4.78, 5) is 22.3. The molecule has 1 unspecified atom stereocenters. The number of aliphatic carboxylic acids is 1. The molecule has 0 radical (unpaired) electrons. The van der Waals surface area contributed by atoms with Gasteiger partial charge in [0.25, 0.3) is 0 Å². The molecule has 1 amide bonds. The Morgan fingerprint density at radius 1 is 1.40 bits per heavy atom. The summed E-state index contributed by atoms with van der Waals surface area (Å²) in [6.45, 7) is 0. The monoisotopic (exact) mass is 206 g/mol. The van der Waals surface area contributed by atoms with Crippen LogP contribution in [-0.4, -0.2) is 28.7 Å². The van der Waals surface area contributed by atoms with E-state index in [1.165, 1.54) is 0 Å². The summed E-state index contributed by atoms with van der Waals surface area (Å²) in [6, 6.07) is 7.16. The number of carboxylic acids is 1. The maximum Gasteiger partial charge on any atom is 0.331 e. The van der Waals surface area contributed by atoms with Crippen molar-refractivity contribution in [2.45, 2.75) is 6.04 Å². The van der Waals surface area contributed by atoms with Crippen LogP contribution in [0.3, 0.4) is 0 Å². The Bertz CT molecular complexity index is 356. The van der Waals surface area contributed by atoms with E-state index < -0.39 is 12.0 Å². The van der Waals surface area contributed by atoms with Crippen LogP contribution in [0.15, 0.2) is 30.3 Å². The van der Waals surface area contributed by atoms with Crippen molar-refractivity contribution in [2.24, 2.45) is 0 Å². The highest BCUT2D eigenvalue weighted by Gasteiger charge is 2.24. The zero-order valence-corrected chi connectivity index (χ0v) is 7.83. The zero-order chi connectivity index (χ0) is 11.3. The zero-order valence-electron chi connectivity index (χ0n) is 7.83. The molecule has 0 aliphatic carbocycles. The van der Waals surface area contributed by atoms with Gasteiger partial charge < -0.3 is 5.11 Å². The standard InChI is InChI=1S/C10H10N2O3/c11-6-12(7-13)9(10(14)15)8-4-2-1-3-5-8/h1-7,9,11H,(H,14,15). The van der Waals surface area contributed by atoms with Gasteiger partial charge in [-0.05, 0) is 5.56 Å². The Hall–Kier alpha value is -2.17. The van der Waals surface area contributed by atoms with Crippen molar-refractivity contribution in [3.8, 4) is 0 Å². The highest BCUT2D eigenvalue weighted by molar-refractivity contribution is 5.84. The summed E-state index contributed by atoms with van der Waals surface area (Å²) in [5, 5.41) is 15.9. The number of carboxylic acid groups (broad SMARTS) is 1. The lowest BCUT2D eigenvalue weighted by Crippen LogP contribution is -2.31. The van der Waals surface area contributed by atoms with Crippen LogP contribution in [0.1, 0.15) is 11.6 Å². The van der Waals surface area contributed by atoms with E-state index in [0.29, 0.717) is 18.3 Å². The Morgan fingerprint density at radius 3 is 2.40 bits per heavy atom. The number of nitrogens with zero attached hydrogens (tertiary/aromatic N) is 1. The van der Waals surface area contributed by atoms with E-state index in [1.54, 1.807) is 30.3 Å². The van der Waals surface area contributed by atoms with E-state index in [1.807, 2.05) is 0 Å². The molecule has 0 aromatic heterocycles. The molecule has 0 spiro atoms. The van der Waals surface area contributed by atoms with Crippen LogP contribution in [0.25, 0.3) is 0 Å². The average molecular weight is 206 g/mol. The summed E-state index contributed by atoms with van der Waals surface area (Å²) in [6.07, 6.45) is 1.01. The predicted molar refractivity (Wildman–Crippen MR) is 53.5 cm³/mol. The summed E-state index contributed by atoms with van der Waals surface area (Å²) >= 11 is 0. The second kappa shape index (κ2) is 4.90. The first kappa shape index (κ1) is 10.9. The van der Waals surface area contributed by atoms with E-state index in [-0.39, 0.29) is 0 Å². The van der Waals surface area contributed by atoms with Crippen molar-refractivity contribution in [1.29, 1.82) is 5.41 Å². The van der Waals surface area contributed by atoms with Gasteiger partial charge in [0.1, 0.15) is 0 Å². The van der Waals surface area contributed by atoms with Gasteiger partial charge >= 0.3 is 5.97 Å². The van der Waals surface area contributed by atoms with E-state index in [2.05, 4.69) is 0 Å². The number of nitrogens with one attached hydrogen (secondary N) is 1. The van der Waals surface area contributed by atoms with Gasteiger partial charge in [0, 0.05) is 0 Å². The Kier molecular flexibility index (Phi) is 3.56. The molecule has 5 heteroatoms. The lowest BCUT2D eigenvalue weighted by atomic mass is 10.1. The molecule has 0 heterocycles. The van der Waals surface area contributed by atoms with Crippen molar-refractivity contribution in [3.05, 3.63) is 35.9 Å². The number of hydrogen-bond acceptors (Lipinski definition) is 3. The highest BCUT2D eigenvalue weighted by atomic mass is 16.4. The minimum Gasteiger partial charge on any atom is -0.479 e. The fourth-order valence-electron chi connectivity index (χ4n) is 1.24. The van der Waals surface area contributed by atoms with Gasteiger partial charge in [-0.25, -0.2) is 4.79 Å². The van der Waals surface area contributed by atoms with Crippen molar-refractivity contribution >= 4 is 18.7 Å². The molecule has 0 bridgehead atoms. The van der Waals surface area contributed by atoms with Gasteiger partial charge in [-0.15, -0.1) is 0 Å². The molecule has 0 saturated carbocycles. The molecule has 1 aromatic rings. The number of benzene rings is 1. The summed E-state index contributed by atoms with van der Waals surface area (Å²) < 4.78 is 0. The first-order valence-corrected chi connectivity index (χ1v) is 4.21. The normalized spacial score (nSPS) is 11.5. The molecule has 0 aliphatic rings. The molecule has 2 N–H and O–H groups in total. The third kappa shape index (κ3) is 2.40. The van der Waals surface area contributed by atoms with Crippen molar-refractivity contribution in [1.82, 2.24) is 4.90 Å². The molecule has 5 nitrogen and oxygen atoms in total. The van der Waals surface area contributed by atoms with Crippen LogP contribution < -0.4 is 0 Å². The predicted octanol–water partition coefficient (Wildman–Crippen LogP) is 0.878. The smallest absolute Gasteiger partial charge is 0.331 e. The molecule has 1 atom stereocenters. The Labute approximate surface area is 86.5 Å². The quantitative estimate of drug-likeness (QED) is 0.426. The molecular weight excluding hydrogens is 196 g/mol. The topological polar surface area (TPSA) is 81.5 Å². The molecule has 1 rings (SSSR count). The van der Waals surface area contributed by atoms with Gasteiger partial charge in [-0.1, -0.05) is 30.3 Å². The van der Waals surface area contributed by atoms with Crippen LogP contribution in [0.5, 0.6) is 0 Å². The van der Waals surface area contributed by atoms with Crippen LogP contribution in [-0.2, 0) is 9.59 Å². The Balaban J connectivity index is 3.08. The molecule has 1 aromatic carbocycles. The molecule has 0 aliphatic heterocycles. The average Bonchev–Trinajstić information content (AvgIpc) is 2.26. The number of carbonyl (C=O) groups is 2. The van der Waals surface area contributed by atoms with Gasteiger partial charge in [0.2, 0.25) is 6.41 Å². The number of carbonyl (C=O) groups excluding carboxylic acids is 1. The lowest BCUT2D eigenvalue weighted by Gasteiger charge is -2.20. The second-order valence-corrected chi connectivity index (χ2v) is 2.83. The lowest BCUT2D eigenvalue weighted by molar-refractivity contribution is -0.144. The third-order valence-corrected chi connectivity index (χ3v) is 1.92. The molecule has 0 fully saturated rings. The van der Waals surface area contributed by atoms with Gasteiger partial charge in [0.15, 0.2) is 6.04 Å². The molecule has 0 saturated heterocycles. The summed E-state index contributed by atoms with van der Waals surface area (Å²) in [5.74, 6) is -1.17. The fraction of sp³-hybridized carbons (Fsp3) is 0.100. The van der Waals surface area contributed by atoms with Crippen molar-refractivity contribution in [2.75, 3.05) is 0 Å². The summed E-state index contributed by atoms with van der Waals surface area (Å²) in [7, 11) is 0. The third-order valence-electron chi connectivity index (χ3n) is 1.92. The van der Waals surface area contributed by atoms with Gasteiger partial charge in [-0.3, -0.25) is 15.1 Å². The van der Waals surface area contributed by atoms with E-state index >= 15 is 0 Å². The molecule has 78 valence electrons. The van der Waals surface area contributed by atoms with Gasteiger partial charge in [0.05, 0.1) is 6.34 Å². The van der Waals surface area contributed by atoms with E-state index in [4.69, 9.17) is 10.5 Å². The van der Waals surface area contributed by atoms with Crippen molar-refractivity contribution in [3.63, 3.8) is 0 Å². The van der Waals surface area contributed by atoms with Crippen molar-refractivity contribution < 1.29 is 14.7 Å². The summed E-state index contributed by atoms with van der Waals surface area (Å²) in [5.41, 5.74) is 0.459. The van der Waals surface area contributed by atoms with Crippen LogP contribution in [0.4, 0.5) is 0 Å². The highest BCUT2D eigenvalue weighted by Crippen LogP contribution is 2.17. The van der Waals surface area contributed by atoms with Crippen LogP contribution in [0, 0.1) is 5.41 Å². The number of amides is 1. The second-order valence-electron chi connectivity index (χ2n) is 2.83. The minimum absolute atomic E-state index is 0.318. The first-order chi connectivity index (χ1) is 7.20. The van der Waals surface area contributed by atoms with Crippen LogP contribution >= 0.6 is 0 Å². The van der Waals surface area contributed by atoms with E-state index in [0.717, 1.165) is 4.90 Å². The number of hydrogen-bond donors (Lipinski definition) is 2. The molecular formula is C10H10N2O3. The van der Waals surface area contributed by atoms with Gasteiger partial charge in [-0.2, -0.15) is 0 Å².